The van der Waals surface area contributed by atoms with Crippen LogP contribution in [-0.2, 0) is 22.4 Å². The zero-order valence-corrected chi connectivity index (χ0v) is 15.2. The van der Waals surface area contributed by atoms with Crippen LogP contribution in [-0.4, -0.2) is 25.8 Å². The summed E-state index contributed by atoms with van der Waals surface area (Å²) in [4.78, 5) is 25.1. The van der Waals surface area contributed by atoms with Gasteiger partial charge in [-0.3, -0.25) is 9.59 Å². The summed E-state index contributed by atoms with van der Waals surface area (Å²) in [6.45, 7) is 0. The lowest BCUT2D eigenvalue weighted by molar-refractivity contribution is -0.136. The third-order valence-corrected chi connectivity index (χ3v) is 5.09. The number of Topliss-reactive ketones (excluding diaryl/α,β-unsaturated/α-hetero) is 2. The second-order valence-electron chi connectivity index (χ2n) is 6.84. The molecule has 0 N–H and O–H groups in total. The van der Waals surface area contributed by atoms with E-state index in [9.17, 15) is 9.59 Å². The van der Waals surface area contributed by atoms with Gasteiger partial charge in [0, 0.05) is 24.7 Å². The van der Waals surface area contributed by atoms with Crippen LogP contribution >= 0.6 is 0 Å². The van der Waals surface area contributed by atoms with Crippen molar-refractivity contribution in [2.24, 2.45) is 11.8 Å². The van der Waals surface area contributed by atoms with Crippen molar-refractivity contribution in [2.75, 3.05) is 14.2 Å². The quantitative estimate of drug-likeness (QED) is 0.796. The maximum atomic E-state index is 12.6. The SMILES string of the molecule is COc1ccc(C[C@H]2CC(=O)[C@H](Cc3ccc(OC)cc3)CC2=O)cc1. The third kappa shape index (κ3) is 4.31. The van der Waals surface area contributed by atoms with Crippen LogP contribution in [0.3, 0.4) is 0 Å². The van der Waals surface area contributed by atoms with Gasteiger partial charge in [-0.2, -0.15) is 0 Å². The van der Waals surface area contributed by atoms with Gasteiger partial charge in [0.25, 0.3) is 0 Å². The van der Waals surface area contributed by atoms with Crippen LogP contribution < -0.4 is 9.47 Å². The molecule has 1 aliphatic carbocycles. The number of hydrogen-bond acceptors (Lipinski definition) is 4. The molecule has 26 heavy (non-hydrogen) atoms. The van der Waals surface area contributed by atoms with Crippen LogP contribution in [0.4, 0.5) is 0 Å². The molecular formula is C22H24O4. The largest absolute Gasteiger partial charge is 0.497 e. The molecule has 0 saturated heterocycles. The Kier molecular flexibility index (Phi) is 5.71. The minimum atomic E-state index is -0.206. The standard InChI is InChI=1S/C22H24O4/c1-25-19-7-3-15(4-8-19)11-17-13-22(24)18(14-21(17)23)12-16-5-9-20(26-2)10-6-16/h3-10,17-18H,11-14H2,1-2H3/t17-,18+. The molecule has 2 aromatic carbocycles. The van der Waals surface area contributed by atoms with Crippen LogP contribution in [0.1, 0.15) is 24.0 Å². The number of hydrogen-bond donors (Lipinski definition) is 0. The molecule has 1 fully saturated rings. The molecule has 0 spiro atoms. The third-order valence-electron chi connectivity index (χ3n) is 5.09. The van der Waals surface area contributed by atoms with E-state index in [1.807, 2.05) is 48.5 Å². The molecule has 0 radical (unpaired) electrons. The molecule has 4 heteroatoms. The molecule has 2 atom stereocenters. The predicted octanol–water partition coefficient (Wildman–Crippen LogP) is 3.65. The van der Waals surface area contributed by atoms with Crippen molar-refractivity contribution in [1.29, 1.82) is 0 Å². The normalized spacial score (nSPS) is 20.1. The molecule has 0 aromatic heterocycles. The molecule has 1 aliphatic rings. The number of methoxy groups -OCH3 is 2. The van der Waals surface area contributed by atoms with Gasteiger partial charge in [0.15, 0.2) is 0 Å². The monoisotopic (exact) mass is 352 g/mol. The van der Waals surface area contributed by atoms with Crippen LogP contribution in [0.25, 0.3) is 0 Å². The Hall–Kier alpha value is -2.62. The fourth-order valence-electron chi connectivity index (χ4n) is 3.51. The summed E-state index contributed by atoms with van der Waals surface area (Å²) in [6.07, 6.45) is 1.91. The first-order valence-corrected chi connectivity index (χ1v) is 8.90. The van der Waals surface area contributed by atoms with Gasteiger partial charge in [0.1, 0.15) is 23.1 Å². The van der Waals surface area contributed by atoms with Crippen LogP contribution in [0.2, 0.25) is 0 Å². The van der Waals surface area contributed by atoms with E-state index in [0.717, 1.165) is 22.6 Å². The van der Waals surface area contributed by atoms with E-state index in [2.05, 4.69) is 0 Å². The van der Waals surface area contributed by atoms with Gasteiger partial charge in [0.05, 0.1) is 14.2 Å². The second kappa shape index (κ2) is 8.17. The molecular weight excluding hydrogens is 328 g/mol. The summed E-state index contributed by atoms with van der Waals surface area (Å²) in [6, 6.07) is 15.4. The Morgan fingerprint density at radius 2 is 1.04 bits per heavy atom. The summed E-state index contributed by atoms with van der Waals surface area (Å²) in [5, 5.41) is 0. The van der Waals surface area contributed by atoms with Crippen molar-refractivity contribution in [3.63, 3.8) is 0 Å². The fourth-order valence-corrected chi connectivity index (χ4v) is 3.51. The lowest BCUT2D eigenvalue weighted by atomic mass is 9.75. The predicted molar refractivity (Wildman–Crippen MR) is 99.6 cm³/mol. The molecule has 2 aromatic rings. The van der Waals surface area contributed by atoms with Crippen LogP contribution in [0.15, 0.2) is 48.5 Å². The molecule has 0 amide bonds. The van der Waals surface area contributed by atoms with Crippen molar-refractivity contribution in [3.8, 4) is 11.5 Å². The first-order chi connectivity index (χ1) is 12.6. The van der Waals surface area contributed by atoms with Gasteiger partial charge in [-0.15, -0.1) is 0 Å². The molecule has 1 saturated carbocycles. The fraction of sp³-hybridized carbons (Fsp3) is 0.364. The van der Waals surface area contributed by atoms with Gasteiger partial charge in [-0.1, -0.05) is 24.3 Å². The van der Waals surface area contributed by atoms with E-state index in [1.54, 1.807) is 14.2 Å². The summed E-state index contributed by atoms with van der Waals surface area (Å²) in [7, 11) is 3.25. The molecule has 0 bridgehead atoms. The average Bonchev–Trinajstić information content (AvgIpc) is 2.67. The highest BCUT2D eigenvalue weighted by atomic mass is 16.5. The summed E-state index contributed by atoms with van der Waals surface area (Å²) in [5.74, 6) is 1.56. The zero-order chi connectivity index (χ0) is 18.5. The first kappa shape index (κ1) is 18.2. The van der Waals surface area contributed by atoms with Gasteiger partial charge in [-0.05, 0) is 48.2 Å². The molecule has 0 unspecified atom stereocenters. The smallest absolute Gasteiger partial charge is 0.137 e. The Morgan fingerprint density at radius 3 is 1.35 bits per heavy atom. The highest BCUT2D eigenvalue weighted by Crippen LogP contribution is 2.29. The second-order valence-corrected chi connectivity index (χ2v) is 6.84. The molecule has 0 heterocycles. The lowest BCUT2D eigenvalue weighted by Crippen LogP contribution is -2.34. The maximum absolute atomic E-state index is 12.6. The maximum Gasteiger partial charge on any atom is 0.137 e. The van der Waals surface area contributed by atoms with Crippen LogP contribution in [0, 0.1) is 11.8 Å². The van der Waals surface area contributed by atoms with Gasteiger partial charge < -0.3 is 9.47 Å². The van der Waals surface area contributed by atoms with E-state index in [4.69, 9.17) is 9.47 Å². The number of carbonyl (C=O) groups is 2. The van der Waals surface area contributed by atoms with E-state index in [1.165, 1.54) is 0 Å². The van der Waals surface area contributed by atoms with Crippen molar-refractivity contribution in [3.05, 3.63) is 59.7 Å². The van der Waals surface area contributed by atoms with Crippen LogP contribution in [0.5, 0.6) is 11.5 Å². The van der Waals surface area contributed by atoms with E-state index >= 15 is 0 Å². The molecule has 0 aliphatic heterocycles. The van der Waals surface area contributed by atoms with E-state index in [-0.39, 0.29) is 23.4 Å². The minimum absolute atomic E-state index is 0.193. The lowest BCUT2D eigenvalue weighted by Gasteiger charge is -2.26. The first-order valence-electron chi connectivity index (χ1n) is 8.90. The van der Waals surface area contributed by atoms with Crippen molar-refractivity contribution < 1.29 is 19.1 Å². The summed E-state index contributed by atoms with van der Waals surface area (Å²) < 4.78 is 10.3. The molecule has 3 rings (SSSR count). The number of benzene rings is 2. The van der Waals surface area contributed by atoms with E-state index < -0.39 is 0 Å². The number of carbonyl (C=O) groups excluding carboxylic acids is 2. The number of rotatable bonds is 6. The van der Waals surface area contributed by atoms with Crippen molar-refractivity contribution in [1.82, 2.24) is 0 Å². The van der Waals surface area contributed by atoms with Crippen molar-refractivity contribution >= 4 is 11.6 Å². The van der Waals surface area contributed by atoms with Gasteiger partial charge in [-0.25, -0.2) is 0 Å². The highest BCUT2D eigenvalue weighted by Gasteiger charge is 2.34. The number of ketones is 2. The Labute approximate surface area is 154 Å². The Balaban J connectivity index is 1.60. The summed E-state index contributed by atoms with van der Waals surface area (Å²) >= 11 is 0. The zero-order valence-electron chi connectivity index (χ0n) is 15.2. The summed E-state index contributed by atoms with van der Waals surface area (Å²) in [5.41, 5.74) is 2.12. The van der Waals surface area contributed by atoms with Crippen molar-refractivity contribution in [2.45, 2.75) is 25.7 Å². The highest BCUT2D eigenvalue weighted by molar-refractivity contribution is 5.96. The Bertz CT molecular complexity index is 694. The number of ether oxygens (including phenoxy) is 2. The molecule has 136 valence electrons. The van der Waals surface area contributed by atoms with E-state index in [0.29, 0.717) is 25.7 Å². The average molecular weight is 352 g/mol. The van der Waals surface area contributed by atoms with Gasteiger partial charge >= 0.3 is 0 Å². The minimum Gasteiger partial charge on any atom is -0.497 e. The van der Waals surface area contributed by atoms with Gasteiger partial charge in [0.2, 0.25) is 0 Å². The topological polar surface area (TPSA) is 52.6 Å². The molecule has 4 nitrogen and oxygen atoms in total. The Morgan fingerprint density at radius 1 is 0.692 bits per heavy atom.